The minimum absolute atomic E-state index is 0.142. The van der Waals surface area contributed by atoms with Crippen molar-refractivity contribution in [3.05, 3.63) is 34.4 Å². The third kappa shape index (κ3) is 4.40. The third-order valence-electron chi connectivity index (χ3n) is 2.32. The van der Waals surface area contributed by atoms with Crippen LogP contribution < -0.4 is 5.32 Å². The number of nitro benzene ring substituents is 1. The number of carbonyl (C=O) groups excluding carboxylic acids is 1. The van der Waals surface area contributed by atoms with Crippen LogP contribution in [-0.2, 0) is 4.74 Å². The Morgan fingerprint density at radius 3 is 2.78 bits per heavy atom. The Bertz CT molecular complexity index is 420. The lowest BCUT2D eigenvalue weighted by Gasteiger charge is -2.06. The summed E-state index contributed by atoms with van der Waals surface area (Å²) in [6.45, 7) is 2.37. The van der Waals surface area contributed by atoms with Gasteiger partial charge in [-0.3, -0.25) is 15.4 Å². The zero-order valence-corrected chi connectivity index (χ0v) is 10.2. The maximum atomic E-state index is 11.4. The van der Waals surface area contributed by atoms with Gasteiger partial charge in [-0.2, -0.15) is 0 Å². The quantitative estimate of drug-likeness (QED) is 0.478. The van der Waals surface area contributed by atoms with Gasteiger partial charge >= 0.3 is 6.09 Å². The molecule has 0 bridgehead atoms. The highest BCUT2D eigenvalue weighted by molar-refractivity contribution is 5.87. The molecule has 6 nitrogen and oxygen atoms in total. The lowest BCUT2D eigenvalue weighted by Crippen LogP contribution is -2.15. The predicted molar refractivity (Wildman–Crippen MR) is 67.6 cm³/mol. The van der Waals surface area contributed by atoms with Crippen LogP contribution in [0.2, 0.25) is 0 Å². The molecule has 0 saturated heterocycles. The predicted octanol–water partition coefficient (Wildman–Crippen LogP) is 3.33. The second-order valence-corrected chi connectivity index (χ2v) is 3.74. The molecule has 1 rings (SSSR count). The number of rotatable bonds is 6. The van der Waals surface area contributed by atoms with E-state index in [-0.39, 0.29) is 11.4 Å². The summed E-state index contributed by atoms with van der Waals surface area (Å²) in [6.07, 6.45) is 2.15. The average molecular weight is 252 g/mol. The number of nitrogens with zero attached hydrogens (tertiary/aromatic N) is 1. The van der Waals surface area contributed by atoms with E-state index in [4.69, 9.17) is 4.74 Å². The van der Waals surface area contributed by atoms with Gasteiger partial charge in [-0.1, -0.05) is 31.9 Å². The van der Waals surface area contributed by atoms with Crippen LogP contribution in [0.4, 0.5) is 16.2 Å². The lowest BCUT2D eigenvalue weighted by atomic mass is 10.3. The molecule has 1 N–H and O–H groups in total. The minimum atomic E-state index is -0.666. The molecule has 0 radical (unpaired) electrons. The van der Waals surface area contributed by atoms with Gasteiger partial charge < -0.3 is 4.74 Å². The first-order valence-electron chi connectivity index (χ1n) is 5.82. The number of anilines is 1. The average Bonchev–Trinajstić information content (AvgIpc) is 2.35. The lowest BCUT2D eigenvalue weighted by molar-refractivity contribution is -0.383. The van der Waals surface area contributed by atoms with Crippen molar-refractivity contribution in [3.8, 4) is 0 Å². The number of nitrogens with one attached hydrogen (secondary N) is 1. The van der Waals surface area contributed by atoms with E-state index in [1.54, 1.807) is 6.07 Å². The van der Waals surface area contributed by atoms with Crippen LogP contribution in [0.25, 0.3) is 0 Å². The summed E-state index contributed by atoms with van der Waals surface area (Å²) in [5, 5.41) is 13.1. The van der Waals surface area contributed by atoms with Crippen molar-refractivity contribution in [1.82, 2.24) is 0 Å². The van der Waals surface area contributed by atoms with Crippen LogP contribution in [0.15, 0.2) is 24.3 Å². The van der Waals surface area contributed by atoms with Crippen molar-refractivity contribution >= 4 is 17.5 Å². The van der Waals surface area contributed by atoms with E-state index in [9.17, 15) is 14.9 Å². The highest BCUT2D eigenvalue weighted by atomic mass is 16.6. The van der Waals surface area contributed by atoms with Crippen molar-refractivity contribution in [2.75, 3.05) is 11.9 Å². The molecule has 0 heterocycles. The number of hydrogen-bond donors (Lipinski definition) is 1. The van der Waals surface area contributed by atoms with E-state index < -0.39 is 11.0 Å². The molecule has 1 aromatic carbocycles. The highest BCUT2D eigenvalue weighted by Gasteiger charge is 2.14. The van der Waals surface area contributed by atoms with E-state index in [1.807, 2.05) is 6.92 Å². The molecule has 0 unspecified atom stereocenters. The van der Waals surface area contributed by atoms with E-state index in [2.05, 4.69) is 5.32 Å². The molecule has 0 saturated carbocycles. The van der Waals surface area contributed by atoms with Gasteiger partial charge in [-0.05, 0) is 12.5 Å². The molecule has 0 spiro atoms. The highest BCUT2D eigenvalue weighted by Crippen LogP contribution is 2.23. The van der Waals surface area contributed by atoms with Gasteiger partial charge in [-0.15, -0.1) is 0 Å². The molecular formula is C12H16N2O4. The van der Waals surface area contributed by atoms with Crippen molar-refractivity contribution < 1.29 is 14.5 Å². The number of amides is 1. The van der Waals surface area contributed by atoms with Gasteiger partial charge in [0.05, 0.1) is 11.5 Å². The summed E-state index contributed by atoms with van der Waals surface area (Å²) in [5.41, 5.74) is -0.00833. The number of carbonyl (C=O) groups is 1. The van der Waals surface area contributed by atoms with Crippen molar-refractivity contribution in [2.45, 2.75) is 26.2 Å². The second-order valence-electron chi connectivity index (χ2n) is 3.74. The fourth-order valence-corrected chi connectivity index (χ4v) is 1.40. The number of nitro groups is 1. The molecule has 0 fully saturated rings. The Morgan fingerprint density at radius 1 is 1.39 bits per heavy atom. The van der Waals surface area contributed by atoms with Crippen molar-refractivity contribution in [1.29, 1.82) is 0 Å². The smallest absolute Gasteiger partial charge is 0.411 e. The molecule has 6 heteroatoms. The van der Waals surface area contributed by atoms with Crippen LogP contribution in [0.3, 0.4) is 0 Å². The van der Waals surface area contributed by atoms with Crippen molar-refractivity contribution in [2.24, 2.45) is 0 Å². The monoisotopic (exact) mass is 252 g/mol. The zero-order chi connectivity index (χ0) is 13.4. The van der Waals surface area contributed by atoms with Gasteiger partial charge in [0.15, 0.2) is 0 Å². The van der Waals surface area contributed by atoms with E-state index >= 15 is 0 Å². The van der Waals surface area contributed by atoms with Gasteiger partial charge in [0.25, 0.3) is 5.69 Å². The summed E-state index contributed by atoms with van der Waals surface area (Å²) in [7, 11) is 0. The number of benzene rings is 1. The number of hydrogen-bond acceptors (Lipinski definition) is 4. The van der Waals surface area contributed by atoms with Gasteiger partial charge in [0, 0.05) is 6.07 Å². The normalized spacial score (nSPS) is 9.83. The molecule has 0 aliphatic heterocycles. The largest absolute Gasteiger partial charge is 0.449 e. The fourth-order valence-electron chi connectivity index (χ4n) is 1.40. The number of para-hydroxylation sites is 2. The number of unbranched alkanes of at least 4 members (excludes halogenated alkanes) is 2. The maximum Gasteiger partial charge on any atom is 0.411 e. The van der Waals surface area contributed by atoms with E-state index in [0.29, 0.717) is 6.61 Å². The Kier molecular flexibility index (Phi) is 5.63. The first-order valence-corrected chi connectivity index (χ1v) is 5.82. The van der Waals surface area contributed by atoms with Crippen LogP contribution in [-0.4, -0.2) is 17.6 Å². The summed E-state index contributed by atoms with van der Waals surface area (Å²) in [4.78, 5) is 21.6. The van der Waals surface area contributed by atoms with E-state index in [1.165, 1.54) is 18.2 Å². The Labute approximate surface area is 105 Å². The van der Waals surface area contributed by atoms with Crippen LogP contribution in [0, 0.1) is 10.1 Å². The second kappa shape index (κ2) is 7.26. The molecule has 0 aromatic heterocycles. The Balaban J connectivity index is 2.51. The van der Waals surface area contributed by atoms with Crippen LogP contribution in [0.1, 0.15) is 26.2 Å². The SMILES string of the molecule is CCCCCOC(=O)Nc1ccccc1[N+](=O)[O-]. The Hall–Kier alpha value is -2.11. The first kappa shape index (κ1) is 14.0. The Morgan fingerprint density at radius 2 is 2.11 bits per heavy atom. The summed E-state index contributed by atoms with van der Waals surface area (Å²) in [5.74, 6) is 0. The molecule has 18 heavy (non-hydrogen) atoms. The molecule has 0 aliphatic rings. The van der Waals surface area contributed by atoms with Gasteiger partial charge in [-0.25, -0.2) is 4.79 Å². The summed E-state index contributed by atoms with van der Waals surface area (Å²) >= 11 is 0. The topological polar surface area (TPSA) is 81.5 Å². The first-order chi connectivity index (χ1) is 8.65. The molecule has 0 aliphatic carbocycles. The molecule has 98 valence electrons. The standard InChI is InChI=1S/C12H16N2O4/c1-2-3-6-9-18-12(15)13-10-7-4-5-8-11(10)14(16)17/h4-5,7-8H,2-3,6,9H2,1H3,(H,13,15). The molecule has 1 aromatic rings. The number of ether oxygens (including phenoxy) is 1. The van der Waals surface area contributed by atoms with Gasteiger partial charge in [0.2, 0.25) is 0 Å². The maximum absolute atomic E-state index is 11.4. The molecule has 1 amide bonds. The van der Waals surface area contributed by atoms with Crippen molar-refractivity contribution in [3.63, 3.8) is 0 Å². The molecular weight excluding hydrogens is 236 g/mol. The van der Waals surface area contributed by atoms with Gasteiger partial charge in [0.1, 0.15) is 5.69 Å². The minimum Gasteiger partial charge on any atom is -0.449 e. The summed E-state index contributed by atoms with van der Waals surface area (Å²) < 4.78 is 4.91. The van der Waals surface area contributed by atoms with Crippen LogP contribution >= 0.6 is 0 Å². The van der Waals surface area contributed by atoms with E-state index in [0.717, 1.165) is 19.3 Å². The summed E-state index contributed by atoms with van der Waals surface area (Å²) in [6, 6.07) is 5.94. The molecule has 0 atom stereocenters. The zero-order valence-electron chi connectivity index (χ0n) is 10.2. The van der Waals surface area contributed by atoms with Crippen LogP contribution in [0.5, 0.6) is 0 Å². The fraction of sp³-hybridized carbons (Fsp3) is 0.417. The third-order valence-corrected chi connectivity index (χ3v) is 2.32.